The summed E-state index contributed by atoms with van der Waals surface area (Å²) in [6.45, 7) is 3.83. The maximum Gasteiger partial charge on any atom is 0.150 e. The standard InChI is InChI=1S/C20H37N3O/c1-2-3-4-5-6-7-8-9-10-11-12-13-16-23-17-14-22-20(23)19-21-15-18-24/h14,17,19,24H,2-13,15-16,18H2,1H3. The van der Waals surface area contributed by atoms with Gasteiger partial charge in [0.15, 0.2) is 5.82 Å². The Kier molecular flexibility index (Phi) is 13.4. The summed E-state index contributed by atoms with van der Waals surface area (Å²) in [5.74, 6) is 0.895. The number of rotatable bonds is 16. The van der Waals surface area contributed by atoms with E-state index in [-0.39, 0.29) is 6.61 Å². The molecule has 4 nitrogen and oxygen atoms in total. The number of unbranched alkanes of at least 4 members (excludes halogenated alkanes) is 11. The zero-order chi connectivity index (χ0) is 17.3. The molecule has 0 aliphatic rings. The molecule has 1 heterocycles. The van der Waals surface area contributed by atoms with Crippen LogP contribution in [-0.2, 0) is 6.54 Å². The van der Waals surface area contributed by atoms with Crippen LogP contribution >= 0.6 is 0 Å². The minimum atomic E-state index is 0.0932. The normalized spacial score (nSPS) is 11.6. The fraction of sp³-hybridized carbons (Fsp3) is 0.800. The Labute approximate surface area is 148 Å². The van der Waals surface area contributed by atoms with Gasteiger partial charge in [0.05, 0.1) is 19.4 Å². The first kappa shape index (κ1) is 20.9. The van der Waals surface area contributed by atoms with Crippen molar-refractivity contribution in [3.63, 3.8) is 0 Å². The van der Waals surface area contributed by atoms with Crippen LogP contribution in [0.5, 0.6) is 0 Å². The van der Waals surface area contributed by atoms with Gasteiger partial charge in [0.25, 0.3) is 0 Å². The van der Waals surface area contributed by atoms with Crippen LogP contribution in [0.3, 0.4) is 0 Å². The first-order valence-corrected chi connectivity index (χ1v) is 10.00. The highest BCUT2D eigenvalue weighted by Gasteiger charge is 1.99. The van der Waals surface area contributed by atoms with Crippen LogP contribution in [0.1, 0.15) is 89.8 Å². The fourth-order valence-electron chi connectivity index (χ4n) is 2.96. The smallest absolute Gasteiger partial charge is 0.150 e. The van der Waals surface area contributed by atoms with E-state index < -0.39 is 0 Å². The first-order valence-electron chi connectivity index (χ1n) is 10.00. The minimum absolute atomic E-state index is 0.0932. The third kappa shape index (κ3) is 10.6. The van der Waals surface area contributed by atoms with Crippen LogP contribution in [-0.4, -0.2) is 34.0 Å². The number of imidazole rings is 1. The van der Waals surface area contributed by atoms with Gasteiger partial charge in [-0.15, -0.1) is 0 Å². The Balaban J connectivity index is 1.94. The second-order valence-electron chi connectivity index (χ2n) is 6.63. The van der Waals surface area contributed by atoms with Crippen LogP contribution in [0.15, 0.2) is 17.4 Å². The molecule has 0 aromatic carbocycles. The first-order chi connectivity index (χ1) is 11.9. The molecule has 0 unspecified atom stereocenters. The summed E-state index contributed by atoms with van der Waals surface area (Å²) in [7, 11) is 0. The average molecular weight is 336 g/mol. The topological polar surface area (TPSA) is 50.4 Å². The third-order valence-corrected chi connectivity index (χ3v) is 4.44. The SMILES string of the molecule is CCCCCCCCCCCCCCn1ccnc1C=NCCO. The molecule has 1 N–H and O–H groups in total. The number of aromatic nitrogens is 2. The quantitative estimate of drug-likeness (QED) is 0.341. The van der Waals surface area contributed by atoms with E-state index in [2.05, 4.69) is 21.5 Å². The van der Waals surface area contributed by atoms with Gasteiger partial charge in [0.1, 0.15) is 0 Å². The van der Waals surface area contributed by atoms with Crippen LogP contribution in [0.2, 0.25) is 0 Å². The number of aliphatic hydroxyl groups excluding tert-OH is 1. The monoisotopic (exact) mass is 335 g/mol. The van der Waals surface area contributed by atoms with Crippen molar-refractivity contribution in [1.29, 1.82) is 0 Å². The highest BCUT2D eigenvalue weighted by atomic mass is 16.3. The second kappa shape index (κ2) is 15.4. The van der Waals surface area contributed by atoms with Crippen LogP contribution in [0.25, 0.3) is 0 Å². The van der Waals surface area contributed by atoms with Crippen molar-refractivity contribution in [2.75, 3.05) is 13.2 Å². The predicted octanol–water partition coefficient (Wildman–Crippen LogP) is 5.00. The van der Waals surface area contributed by atoms with Crippen molar-refractivity contribution < 1.29 is 5.11 Å². The summed E-state index contributed by atoms with van der Waals surface area (Å²) < 4.78 is 2.15. The van der Waals surface area contributed by atoms with Gasteiger partial charge in [-0.3, -0.25) is 4.99 Å². The summed E-state index contributed by atoms with van der Waals surface area (Å²) >= 11 is 0. The van der Waals surface area contributed by atoms with E-state index in [0.717, 1.165) is 12.4 Å². The van der Waals surface area contributed by atoms with E-state index in [0.29, 0.717) is 6.54 Å². The van der Waals surface area contributed by atoms with Crippen molar-refractivity contribution in [3.05, 3.63) is 18.2 Å². The summed E-state index contributed by atoms with van der Waals surface area (Å²) in [6.07, 6.45) is 22.1. The molecule has 0 aliphatic heterocycles. The Morgan fingerprint density at radius 2 is 1.54 bits per heavy atom. The molecule has 0 aliphatic carbocycles. The molecular formula is C20H37N3O. The Bertz CT molecular complexity index is 415. The summed E-state index contributed by atoms with van der Waals surface area (Å²) in [5.41, 5.74) is 0. The van der Waals surface area contributed by atoms with Gasteiger partial charge in [-0.05, 0) is 6.42 Å². The molecule has 0 atom stereocenters. The van der Waals surface area contributed by atoms with Crippen molar-refractivity contribution in [1.82, 2.24) is 9.55 Å². The minimum Gasteiger partial charge on any atom is -0.394 e. The lowest BCUT2D eigenvalue weighted by molar-refractivity contribution is 0.307. The maximum atomic E-state index is 8.75. The summed E-state index contributed by atoms with van der Waals surface area (Å²) in [6, 6.07) is 0. The van der Waals surface area contributed by atoms with Crippen LogP contribution in [0.4, 0.5) is 0 Å². The van der Waals surface area contributed by atoms with E-state index >= 15 is 0 Å². The van der Waals surface area contributed by atoms with Crippen molar-refractivity contribution >= 4 is 6.21 Å². The zero-order valence-corrected chi connectivity index (χ0v) is 15.6. The number of aliphatic hydroxyl groups is 1. The van der Waals surface area contributed by atoms with E-state index in [1.54, 1.807) is 6.21 Å². The number of nitrogens with zero attached hydrogens (tertiary/aromatic N) is 3. The molecule has 0 spiro atoms. The molecular weight excluding hydrogens is 298 g/mol. The lowest BCUT2D eigenvalue weighted by atomic mass is 10.1. The van der Waals surface area contributed by atoms with Crippen molar-refractivity contribution in [2.45, 2.75) is 90.5 Å². The molecule has 4 heteroatoms. The Morgan fingerprint density at radius 3 is 2.12 bits per heavy atom. The van der Waals surface area contributed by atoms with Gasteiger partial charge in [0.2, 0.25) is 0 Å². The largest absolute Gasteiger partial charge is 0.394 e. The van der Waals surface area contributed by atoms with Gasteiger partial charge in [-0.1, -0.05) is 77.6 Å². The van der Waals surface area contributed by atoms with Crippen molar-refractivity contribution in [2.24, 2.45) is 4.99 Å². The lowest BCUT2D eigenvalue weighted by Gasteiger charge is -2.05. The number of hydrogen-bond donors (Lipinski definition) is 1. The van der Waals surface area contributed by atoms with Gasteiger partial charge in [-0.2, -0.15) is 0 Å². The summed E-state index contributed by atoms with van der Waals surface area (Å²) in [4.78, 5) is 8.44. The maximum absolute atomic E-state index is 8.75. The molecule has 1 rings (SSSR count). The van der Waals surface area contributed by atoms with E-state index in [1.165, 1.54) is 77.0 Å². The molecule has 0 radical (unpaired) electrons. The van der Waals surface area contributed by atoms with Gasteiger partial charge >= 0.3 is 0 Å². The second-order valence-corrected chi connectivity index (χ2v) is 6.63. The number of aryl methyl sites for hydroxylation is 1. The predicted molar refractivity (Wildman–Crippen MR) is 103 cm³/mol. The number of hydrogen-bond acceptors (Lipinski definition) is 3. The fourth-order valence-corrected chi connectivity index (χ4v) is 2.96. The Morgan fingerprint density at radius 1 is 0.958 bits per heavy atom. The molecule has 138 valence electrons. The molecule has 0 fully saturated rings. The molecule has 1 aromatic heterocycles. The Hall–Kier alpha value is -1.16. The van der Waals surface area contributed by atoms with E-state index in [4.69, 9.17) is 5.11 Å². The van der Waals surface area contributed by atoms with Gasteiger partial charge in [0, 0.05) is 18.9 Å². The molecule has 0 amide bonds. The molecule has 0 saturated heterocycles. The van der Waals surface area contributed by atoms with E-state index in [9.17, 15) is 0 Å². The molecule has 1 aromatic rings. The number of aliphatic imine (C=N–C) groups is 1. The molecule has 0 saturated carbocycles. The highest BCUT2D eigenvalue weighted by molar-refractivity contribution is 5.74. The molecule has 0 bridgehead atoms. The van der Waals surface area contributed by atoms with Gasteiger partial charge < -0.3 is 9.67 Å². The molecule has 24 heavy (non-hydrogen) atoms. The van der Waals surface area contributed by atoms with Crippen LogP contribution in [0, 0.1) is 0 Å². The van der Waals surface area contributed by atoms with Crippen LogP contribution < -0.4 is 0 Å². The van der Waals surface area contributed by atoms with Crippen molar-refractivity contribution in [3.8, 4) is 0 Å². The zero-order valence-electron chi connectivity index (χ0n) is 15.6. The average Bonchev–Trinajstić information content (AvgIpc) is 3.03. The lowest BCUT2D eigenvalue weighted by Crippen LogP contribution is -2.03. The van der Waals surface area contributed by atoms with E-state index in [1.807, 2.05) is 12.4 Å². The summed E-state index contributed by atoms with van der Waals surface area (Å²) in [5, 5.41) is 8.75. The third-order valence-electron chi connectivity index (χ3n) is 4.44. The van der Waals surface area contributed by atoms with Gasteiger partial charge in [-0.25, -0.2) is 4.98 Å². The highest BCUT2D eigenvalue weighted by Crippen LogP contribution is 2.12.